The molecule has 0 aromatic rings. The molecule has 2 rings (SSSR count). The van der Waals surface area contributed by atoms with Crippen LogP contribution >= 0.6 is 0 Å². The fourth-order valence-electron chi connectivity index (χ4n) is 2.93. The Morgan fingerprint density at radius 1 is 1.53 bits per heavy atom. The molecule has 0 aromatic carbocycles. The number of hydrogen-bond acceptors (Lipinski definition) is 3. The molecule has 0 aliphatic carbocycles. The largest absolute Gasteiger partial charge is 0.355 e. The standard InChI is InChI=1S/C11H21N3O/c1-8-11-6-12-5-10(11)7-14(8)4-3-13-9(2)15/h8,10-12H,3-7H2,1-2H3,(H,13,15). The third-order valence-corrected chi connectivity index (χ3v) is 3.83. The molecule has 2 N–H and O–H groups in total. The lowest BCUT2D eigenvalue weighted by Crippen LogP contribution is -2.38. The van der Waals surface area contributed by atoms with Crippen molar-refractivity contribution in [3.8, 4) is 0 Å². The van der Waals surface area contributed by atoms with Crippen molar-refractivity contribution in [1.29, 1.82) is 0 Å². The highest BCUT2D eigenvalue weighted by atomic mass is 16.1. The van der Waals surface area contributed by atoms with Crippen LogP contribution in [-0.4, -0.2) is 49.6 Å². The van der Waals surface area contributed by atoms with Gasteiger partial charge in [0.15, 0.2) is 0 Å². The summed E-state index contributed by atoms with van der Waals surface area (Å²) in [5.74, 6) is 1.73. The maximum Gasteiger partial charge on any atom is 0.216 e. The summed E-state index contributed by atoms with van der Waals surface area (Å²) < 4.78 is 0. The van der Waals surface area contributed by atoms with Crippen LogP contribution in [0.1, 0.15) is 13.8 Å². The van der Waals surface area contributed by atoms with Gasteiger partial charge in [-0.15, -0.1) is 0 Å². The lowest BCUT2D eigenvalue weighted by Gasteiger charge is -2.24. The van der Waals surface area contributed by atoms with Crippen LogP contribution < -0.4 is 10.6 Å². The zero-order valence-corrected chi connectivity index (χ0v) is 9.62. The van der Waals surface area contributed by atoms with E-state index < -0.39 is 0 Å². The Kier molecular flexibility index (Phi) is 3.26. The topological polar surface area (TPSA) is 44.4 Å². The predicted molar refractivity (Wildman–Crippen MR) is 59.6 cm³/mol. The van der Waals surface area contributed by atoms with Crippen molar-refractivity contribution in [2.24, 2.45) is 11.8 Å². The van der Waals surface area contributed by atoms with Crippen LogP contribution in [0.25, 0.3) is 0 Å². The minimum Gasteiger partial charge on any atom is -0.355 e. The first kappa shape index (κ1) is 10.9. The van der Waals surface area contributed by atoms with E-state index in [0.717, 1.165) is 24.9 Å². The monoisotopic (exact) mass is 211 g/mol. The molecule has 0 radical (unpaired) electrons. The van der Waals surface area contributed by atoms with Crippen molar-refractivity contribution < 1.29 is 4.79 Å². The van der Waals surface area contributed by atoms with Gasteiger partial charge in [0.1, 0.15) is 0 Å². The third kappa shape index (κ3) is 2.32. The second kappa shape index (κ2) is 4.49. The van der Waals surface area contributed by atoms with Gasteiger partial charge >= 0.3 is 0 Å². The van der Waals surface area contributed by atoms with E-state index in [0.29, 0.717) is 6.04 Å². The predicted octanol–water partition coefficient (Wildman–Crippen LogP) is -0.338. The number of amides is 1. The van der Waals surface area contributed by atoms with Crippen LogP contribution in [0.5, 0.6) is 0 Å². The van der Waals surface area contributed by atoms with Crippen molar-refractivity contribution in [3.05, 3.63) is 0 Å². The molecule has 15 heavy (non-hydrogen) atoms. The number of likely N-dealkylation sites (tertiary alicyclic amines) is 1. The minimum absolute atomic E-state index is 0.0729. The van der Waals surface area contributed by atoms with E-state index in [1.165, 1.54) is 19.6 Å². The highest BCUT2D eigenvalue weighted by Gasteiger charge is 2.41. The van der Waals surface area contributed by atoms with Crippen LogP contribution in [-0.2, 0) is 4.79 Å². The maximum absolute atomic E-state index is 10.8. The third-order valence-electron chi connectivity index (χ3n) is 3.83. The Labute approximate surface area is 91.4 Å². The van der Waals surface area contributed by atoms with Gasteiger partial charge in [-0.25, -0.2) is 0 Å². The summed E-state index contributed by atoms with van der Waals surface area (Å²) in [4.78, 5) is 13.3. The number of carbonyl (C=O) groups is 1. The number of rotatable bonds is 3. The molecule has 4 heteroatoms. The molecule has 4 nitrogen and oxygen atoms in total. The van der Waals surface area contributed by atoms with Crippen LogP contribution in [0.2, 0.25) is 0 Å². The summed E-state index contributed by atoms with van der Waals surface area (Å²) in [5.41, 5.74) is 0. The summed E-state index contributed by atoms with van der Waals surface area (Å²) in [7, 11) is 0. The van der Waals surface area contributed by atoms with E-state index in [-0.39, 0.29) is 5.91 Å². The molecular formula is C11H21N3O. The van der Waals surface area contributed by atoms with Gasteiger partial charge in [0.2, 0.25) is 5.91 Å². The lowest BCUT2D eigenvalue weighted by molar-refractivity contribution is -0.119. The van der Waals surface area contributed by atoms with Crippen LogP contribution in [0.4, 0.5) is 0 Å². The molecule has 3 atom stereocenters. The molecular weight excluding hydrogens is 190 g/mol. The van der Waals surface area contributed by atoms with Crippen molar-refractivity contribution in [3.63, 3.8) is 0 Å². The van der Waals surface area contributed by atoms with Crippen LogP contribution in [0.15, 0.2) is 0 Å². The summed E-state index contributed by atoms with van der Waals surface area (Å²) in [5, 5.41) is 6.32. The zero-order valence-electron chi connectivity index (χ0n) is 9.62. The van der Waals surface area contributed by atoms with Gasteiger partial charge in [0, 0.05) is 32.6 Å². The highest BCUT2D eigenvalue weighted by molar-refractivity contribution is 5.72. The average molecular weight is 211 g/mol. The Hall–Kier alpha value is -0.610. The van der Waals surface area contributed by atoms with E-state index in [9.17, 15) is 4.79 Å². The molecule has 3 unspecified atom stereocenters. The van der Waals surface area contributed by atoms with Crippen LogP contribution in [0.3, 0.4) is 0 Å². The van der Waals surface area contributed by atoms with Gasteiger partial charge in [-0.05, 0) is 31.8 Å². The molecule has 2 fully saturated rings. The maximum atomic E-state index is 10.8. The molecule has 0 aromatic heterocycles. The summed E-state index contributed by atoms with van der Waals surface area (Å²) in [6.45, 7) is 9.20. The first-order valence-electron chi connectivity index (χ1n) is 5.87. The summed E-state index contributed by atoms with van der Waals surface area (Å²) in [6, 6.07) is 0.666. The number of hydrogen-bond donors (Lipinski definition) is 2. The molecule has 2 aliphatic rings. The molecule has 0 saturated carbocycles. The Morgan fingerprint density at radius 3 is 3.00 bits per heavy atom. The van der Waals surface area contributed by atoms with Crippen molar-refractivity contribution in [2.75, 3.05) is 32.7 Å². The fourth-order valence-corrected chi connectivity index (χ4v) is 2.93. The number of carbonyl (C=O) groups excluding carboxylic acids is 1. The van der Waals surface area contributed by atoms with Crippen molar-refractivity contribution >= 4 is 5.91 Å². The van der Waals surface area contributed by atoms with E-state index in [4.69, 9.17) is 0 Å². The quantitative estimate of drug-likeness (QED) is 0.671. The second-order valence-corrected chi connectivity index (χ2v) is 4.80. The fraction of sp³-hybridized carbons (Fsp3) is 0.909. The average Bonchev–Trinajstić information content (AvgIpc) is 2.71. The molecule has 2 heterocycles. The van der Waals surface area contributed by atoms with E-state index in [1.54, 1.807) is 6.92 Å². The Bertz CT molecular complexity index is 244. The number of fused-ring (bicyclic) bond motifs is 1. The first-order chi connectivity index (χ1) is 7.18. The SMILES string of the molecule is CC(=O)NCCN1CC2CNCC2C1C. The van der Waals surface area contributed by atoms with Gasteiger partial charge < -0.3 is 10.6 Å². The molecule has 2 aliphatic heterocycles. The Morgan fingerprint density at radius 2 is 2.33 bits per heavy atom. The van der Waals surface area contributed by atoms with Crippen LogP contribution in [0, 0.1) is 11.8 Å². The van der Waals surface area contributed by atoms with Gasteiger partial charge in [0.05, 0.1) is 0 Å². The second-order valence-electron chi connectivity index (χ2n) is 4.80. The highest BCUT2D eigenvalue weighted by Crippen LogP contribution is 2.31. The molecule has 86 valence electrons. The Balaban J connectivity index is 1.77. The van der Waals surface area contributed by atoms with Crippen molar-refractivity contribution in [1.82, 2.24) is 15.5 Å². The zero-order chi connectivity index (χ0) is 10.8. The summed E-state index contributed by atoms with van der Waals surface area (Å²) >= 11 is 0. The van der Waals surface area contributed by atoms with Crippen molar-refractivity contribution in [2.45, 2.75) is 19.9 Å². The van der Waals surface area contributed by atoms with E-state index in [1.807, 2.05) is 0 Å². The lowest BCUT2D eigenvalue weighted by atomic mass is 9.95. The normalized spacial score (nSPS) is 35.5. The minimum atomic E-state index is 0.0729. The number of nitrogens with one attached hydrogen (secondary N) is 2. The van der Waals surface area contributed by atoms with Gasteiger partial charge in [-0.2, -0.15) is 0 Å². The molecule has 0 bridgehead atoms. The molecule has 0 spiro atoms. The van der Waals surface area contributed by atoms with E-state index in [2.05, 4.69) is 22.5 Å². The van der Waals surface area contributed by atoms with Gasteiger partial charge in [0.25, 0.3) is 0 Å². The van der Waals surface area contributed by atoms with Gasteiger partial charge in [-0.1, -0.05) is 0 Å². The van der Waals surface area contributed by atoms with E-state index >= 15 is 0 Å². The first-order valence-corrected chi connectivity index (χ1v) is 5.87. The summed E-state index contributed by atoms with van der Waals surface area (Å²) in [6.07, 6.45) is 0. The molecule has 2 saturated heterocycles. The smallest absolute Gasteiger partial charge is 0.216 e. The molecule has 1 amide bonds. The van der Waals surface area contributed by atoms with Gasteiger partial charge in [-0.3, -0.25) is 9.69 Å². The number of nitrogens with zero attached hydrogens (tertiary/aromatic N) is 1.